The summed E-state index contributed by atoms with van der Waals surface area (Å²) in [6, 6.07) is 10.3. The van der Waals surface area contributed by atoms with E-state index >= 15 is 0 Å². The first-order valence-electron chi connectivity index (χ1n) is 8.92. The highest BCUT2D eigenvalue weighted by Gasteiger charge is 2.43. The first-order chi connectivity index (χ1) is 13.6. The van der Waals surface area contributed by atoms with E-state index in [1.165, 1.54) is 19.2 Å². The van der Waals surface area contributed by atoms with Crippen molar-refractivity contribution in [1.29, 1.82) is 0 Å². The number of amides is 3. The van der Waals surface area contributed by atoms with Crippen LogP contribution in [0, 0.1) is 5.82 Å². The van der Waals surface area contributed by atoms with Crippen LogP contribution in [0.2, 0.25) is 0 Å². The number of nitrogens with zero attached hydrogens (tertiary/aromatic N) is 1. The molecule has 1 N–H and O–H groups in total. The van der Waals surface area contributed by atoms with Gasteiger partial charge in [0.05, 0.1) is 18.2 Å². The number of hydrogen-bond donors (Lipinski definition) is 1. The van der Waals surface area contributed by atoms with Gasteiger partial charge in [-0.05, 0) is 50.6 Å². The number of fused-ring (bicyclic) bond motifs is 1. The van der Waals surface area contributed by atoms with Crippen LogP contribution in [0.4, 0.5) is 9.18 Å². The van der Waals surface area contributed by atoms with Gasteiger partial charge in [0, 0.05) is 0 Å². The fourth-order valence-corrected chi connectivity index (χ4v) is 3.00. The fraction of sp³-hybridized carbons (Fsp3) is 0.286. The lowest BCUT2D eigenvalue weighted by atomic mass is 10.1. The second-order valence-corrected chi connectivity index (χ2v) is 7.46. The van der Waals surface area contributed by atoms with Gasteiger partial charge < -0.3 is 9.47 Å². The summed E-state index contributed by atoms with van der Waals surface area (Å²) < 4.78 is 24.6. The largest absolute Gasteiger partial charge is 0.497 e. The third-order valence-electron chi connectivity index (χ3n) is 4.24. The molecule has 1 heterocycles. The lowest BCUT2D eigenvalue weighted by Crippen LogP contribution is -2.45. The van der Waals surface area contributed by atoms with Crippen LogP contribution in [-0.4, -0.2) is 35.5 Å². The molecule has 3 rings (SSSR count). The van der Waals surface area contributed by atoms with E-state index in [2.05, 4.69) is 5.32 Å². The number of benzene rings is 2. The molecule has 2 aromatic rings. The highest BCUT2D eigenvalue weighted by Crippen LogP contribution is 2.32. The van der Waals surface area contributed by atoms with Gasteiger partial charge in [-0.1, -0.05) is 18.2 Å². The standard InChI is InChI=1S/C21H21FN2O5/c1-21(2,3)29-20(27)23-17(12-8-10-13(28-4)11-9-12)24-18(25)14-6-5-7-15(22)16(14)19(24)26/h5-11,17H,1-4H3,(H,23,27). The normalized spacial score (nSPS) is 14.4. The molecule has 152 valence electrons. The molecule has 1 unspecified atom stereocenters. The number of halogens is 1. The zero-order valence-corrected chi connectivity index (χ0v) is 16.5. The third kappa shape index (κ3) is 4.06. The molecule has 7 nitrogen and oxygen atoms in total. The lowest BCUT2D eigenvalue weighted by molar-refractivity contribution is 0.0385. The number of carbonyl (C=O) groups excluding carboxylic acids is 3. The number of nitrogens with one attached hydrogen (secondary N) is 1. The number of rotatable bonds is 4. The summed E-state index contributed by atoms with van der Waals surface area (Å²) in [5, 5.41) is 2.54. The van der Waals surface area contributed by atoms with Gasteiger partial charge in [-0.25, -0.2) is 14.1 Å². The Kier molecular flexibility index (Phi) is 5.28. The van der Waals surface area contributed by atoms with E-state index in [1.54, 1.807) is 45.0 Å². The van der Waals surface area contributed by atoms with Crippen molar-refractivity contribution in [2.45, 2.75) is 32.5 Å². The Morgan fingerprint density at radius 1 is 1.07 bits per heavy atom. The Labute approximate surface area is 167 Å². The molecule has 1 atom stereocenters. The Bertz CT molecular complexity index is 966. The highest BCUT2D eigenvalue weighted by atomic mass is 19.1. The van der Waals surface area contributed by atoms with Gasteiger partial charge in [0.2, 0.25) is 0 Å². The predicted molar refractivity (Wildman–Crippen MR) is 102 cm³/mol. The summed E-state index contributed by atoms with van der Waals surface area (Å²) in [6.07, 6.45) is -2.02. The number of alkyl carbamates (subject to hydrolysis) is 1. The molecule has 0 spiro atoms. The minimum Gasteiger partial charge on any atom is -0.497 e. The van der Waals surface area contributed by atoms with Crippen LogP contribution < -0.4 is 10.1 Å². The van der Waals surface area contributed by atoms with Crippen LogP contribution in [0.15, 0.2) is 42.5 Å². The maximum Gasteiger partial charge on any atom is 0.409 e. The van der Waals surface area contributed by atoms with Gasteiger partial charge in [-0.15, -0.1) is 0 Å². The second kappa shape index (κ2) is 7.54. The summed E-state index contributed by atoms with van der Waals surface area (Å²) in [6.45, 7) is 5.06. The van der Waals surface area contributed by atoms with Crippen LogP contribution in [0.3, 0.4) is 0 Å². The van der Waals surface area contributed by atoms with Crippen LogP contribution in [-0.2, 0) is 4.74 Å². The number of hydrogen-bond acceptors (Lipinski definition) is 5. The zero-order valence-electron chi connectivity index (χ0n) is 16.5. The van der Waals surface area contributed by atoms with Gasteiger partial charge in [0.25, 0.3) is 11.8 Å². The van der Waals surface area contributed by atoms with Gasteiger partial charge in [-0.2, -0.15) is 0 Å². The Morgan fingerprint density at radius 2 is 1.72 bits per heavy atom. The Balaban J connectivity index is 2.01. The van der Waals surface area contributed by atoms with Crippen molar-refractivity contribution in [2.24, 2.45) is 0 Å². The van der Waals surface area contributed by atoms with E-state index in [9.17, 15) is 18.8 Å². The van der Waals surface area contributed by atoms with E-state index in [4.69, 9.17) is 9.47 Å². The van der Waals surface area contributed by atoms with Crippen LogP contribution in [0.1, 0.15) is 53.2 Å². The van der Waals surface area contributed by atoms with Gasteiger partial charge >= 0.3 is 6.09 Å². The minimum atomic E-state index is -1.19. The first kappa shape index (κ1) is 20.3. The summed E-state index contributed by atoms with van der Waals surface area (Å²) >= 11 is 0. The molecule has 0 bridgehead atoms. The molecular weight excluding hydrogens is 379 g/mol. The smallest absolute Gasteiger partial charge is 0.409 e. The summed E-state index contributed by atoms with van der Waals surface area (Å²) in [5.41, 5.74) is -0.740. The molecule has 0 saturated heterocycles. The van der Waals surface area contributed by atoms with E-state index in [-0.39, 0.29) is 11.1 Å². The van der Waals surface area contributed by atoms with E-state index in [0.717, 1.165) is 11.0 Å². The molecular formula is C21H21FN2O5. The summed E-state index contributed by atoms with van der Waals surface area (Å²) in [4.78, 5) is 39.0. The van der Waals surface area contributed by atoms with Crippen LogP contribution >= 0.6 is 0 Å². The van der Waals surface area contributed by atoms with E-state index < -0.39 is 35.5 Å². The monoisotopic (exact) mass is 400 g/mol. The first-order valence-corrected chi connectivity index (χ1v) is 8.92. The molecule has 29 heavy (non-hydrogen) atoms. The van der Waals surface area contributed by atoms with Crippen molar-refractivity contribution in [1.82, 2.24) is 10.2 Å². The SMILES string of the molecule is COc1ccc(C(NC(=O)OC(C)(C)C)N2C(=O)c3cccc(F)c3C2=O)cc1. The fourth-order valence-electron chi connectivity index (χ4n) is 3.00. The summed E-state index contributed by atoms with van der Waals surface area (Å²) in [7, 11) is 1.50. The molecule has 8 heteroatoms. The molecule has 0 radical (unpaired) electrons. The average Bonchev–Trinajstić information content (AvgIpc) is 2.90. The quantitative estimate of drug-likeness (QED) is 0.792. The Morgan fingerprint density at radius 3 is 2.28 bits per heavy atom. The predicted octanol–water partition coefficient (Wildman–Crippen LogP) is 3.65. The van der Waals surface area contributed by atoms with Crippen LogP contribution in [0.25, 0.3) is 0 Å². The molecule has 1 aliphatic rings. The van der Waals surface area contributed by atoms with Crippen molar-refractivity contribution >= 4 is 17.9 Å². The number of imide groups is 1. The molecule has 0 aromatic heterocycles. The van der Waals surface area contributed by atoms with Crippen molar-refractivity contribution in [3.63, 3.8) is 0 Å². The molecule has 2 aromatic carbocycles. The molecule has 3 amide bonds. The van der Waals surface area contributed by atoms with E-state index in [1.807, 2.05) is 0 Å². The second-order valence-electron chi connectivity index (χ2n) is 7.46. The summed E-state index contributed by atoms with van der Waals surface area (Å²) in [5.74, 6) is -1.78. The molecule has 0 saturated carbocycles. The number of methoxy groups -OCH3 is 1. The maximum absolute atomic E-state index is 14.2. The number of carbonyl (C=O) groups is 3. The molecule has 0 fully saturated rings. The molecule has 1 aliphatic heterocycles. The van der Waals surface area contributed by atoms with Crippen LogP contribution in [0.5, 0.6) is 5.75 Å². The highest BCUT2D eigenvalue weighted by molar-refractivity contribution is 6.21. The zero-order chi connectivity index (χ0) is 21.3. The van der Waals surface area contributed by atoms with Crippen molar-refractivity contribution in [3.8, 4) is 5.75 Å². The van der Waals surface area contributed by atoms with Gasteiger partial charge in [-0.3, -0.25) is 14.9 Å². The van der Waals surface area contributed by atoms with Crippen molar-refractivity contribution in [2.75, 3.05) is 7.11 Å². The van der Waals surface area contributed by atoms with E-state index in [0.29, 0.717) is 11.3 Å². The van der Waals surface area contributed by atoms with Crippen molar-refractivity contribution in [3.05, 3.63) is 65.0 Å². The average molecular weight is 400 g/mol. The lowest BCUT2D eigenvalue weighted by Gasteiger charge is -2.29. The minimum absolute atomic E-state index is 0.0560. The Hall–Kier alpha value is -3.42. The maximum atomic E-state index is 14.2. The third-order valence-corrected chi connectivity index (χ3v) is 4.24. The van der Waals surface area contributed by atoms with Gasteiger partial charge in [0.1, 0.15) is 23.3 Å². The topological polar surface area (TPSA) is 84.9 Å². The van der Waals surface area contributed by atoms with Crippen molar-refractivity contribution < 1.29 is 28.2 Å². The molecule has 0 aliphatic carbocycles. The van der Waals surface area contributed by atoms with Gasteiger partial charge in [0.15, 0.2) is 0 Å². The number of ether oxygens (including phenoxy) is 2.